The molecule has 0 saturated heterocycles. The molecule has 2 heterocycles. The minimum Gasteiger partial charge on any atom is -0.488 e. The molecule has 1 aromatic carbocycles. The molecule has 0 radical (unpaired) electrons. The maximum Gasteiger partial charge on any atom is 0.407 e. The molecule has 1 aliphatic heterocycles. The molecule has 0 saturated carbocycles. The van der Waals surface area contributed by atoms with Gasteiger partial charge < -0.3 is 19.4 Å². The van der Waals surface area contributed by atoms with Gasteiger partial charge in [-0.3, -0.25) is 0 Å². The van der Waals surface area contributed by atoms with Gasteiger partial charge >= 0.3 is 6.09 Å². The van der Waals surface area contributed by atoms with Crippen LogP contribution in [0.25, 0.3) is 11.0 Å². The van der Waals surface area contributed by atoms with Gasteiger partial charge in [0.05, 0.1) is 12.1 Å². The molecular formula is C17H22FN3O3. The van der Waals surface area contributed by atoms with Crippen molar-refractivity contribution in [1.29, 1.82) is 0 Å². The van der Waals surface area contributed by atoms with Crippen molar-refractivity contribution >= 4 is 17.1 Å². The van der Waals surface area contributed by atoms with E-state index in [4.69, 9.17) is 9.47 Å². The molecule has 2 aromatic rings. The number of amides is 1. The van der Waals surface area contributed by atoms with Gasteiger partial charge in [-0.2, -0.15) is 0 Å². The number of rotatable bonds is 3. The van der Waals surface area contributed by atoms with Crippen molar-refractivity contribution in [2.24, 2.45) is 0 Å². The monoisotopic (exact) mass is 335 g/mol. The summed E-state index contributed by atoms with van der Waals surface area (Å²) in [7, 11) is 0. The molecule has 0 spiro atoms. The zero-order chi connectivity index (χ0) is 17.3. The average molecular weight is 335 g/mol. The first-order valence-electron chi connectivity index (χ1n) is 8.12. The van der Waals surface area contributed by atoms with E-state index >= 15 is 0 Å². The van der Waals surface area contributed by atoms with Crippen LogP contribution in [0.5, 0.6) is 5.75 Å². The van der Waals surface area contributed by atoms with Gasteiger partial charge in [0.1, 0.15) is 16.9 Å². The van der Waals surface area contributed by atoms with Gasteiger partial charge in [0.15, 0.2) is 11.6 Å². The number of carbonyl (C=O) groups excluding carboxylic acids is 1. The highest BCUT2D eigenvalue weighted by Gasteiger charge is 2.21. The van der Waals surface area contributed by atoms with E-state index < -0.39 is 11.7 Å². The van der Waals surface area contributed by atoms with Gasteiger partial charge in [-0.15, -0.1) is 0 Å². The number of carbonyl (C=O) groups is 1. The average Bonchev–Trinajstić information content (AvgIpc) is 2.66. The lowest BCUT2D eigenvalue weighted by Crippen LogP contribution is -2.33. The van der Waals surface area contributed by atoms with Gasteiger partial charge in [-0.1, -0.05) is 0 Å². The largest absolute Gasteiger partial charge is 0.488 e. The quantitative estimate of drug-likeness (QED) is 0.936. The SMILES string of the molecule is CC(C)(C)OC(=O)NCCc1nc2ccc(F)c3c2n1CCCO3. The van der Waals surface area contributed by atoms with Crippen molar-refractivity contribution in [3.8, 4) is 5.75 Å². The van der Waals surface area contributed by atoms with Crippen molar-refractivity contribution in [2.75, 3.05) is 13.2 Å². The molecule has 1 N–H and O–H groups in total. The molecule has 0 unspecified atom stereocenters. The Bertz CT molecular complexity index is 765. The van der Waals surface area contributed by atoms with Crippen molar-refractivity contribution in [3.05, 3.63) is 23.8 Å². The van der Waals surface area contributed by atoms with Gasteiger partial charge in [-0.25, -0.2) is 14.2 Å². The number of nitrogens with one attached hydrogen (secondary N) is 1. The number of alkyl carbamates (subject to hydrolysis) is 1. The summed E-state index contributed by atoms with van der Waals surface area (Å²) in [4.78, 5) is 16.3. The number of nitrogens with zero attached hydrogens (tertiary/aromatic N) is 2. The lowest BCUT2D eigenvalue weighted by Gasteiger charge is -2.19. The fourth-order valence-electron chi connectivity index (χ4n) is 2.77. The van der Waals surface area contributed by atoms with Crippen molar-refractivity contribution < 1.29 is 18.7 Å². The standard InChI is InChI=1S/C17H22FN3O3/c1-17(2,3)24-16(22)19-8-7-13-20-12-6-5-11(18)15-14(12)21(13)9-4-10-23-15/h5-6H,4,7-10H2,1-3H3,(H,19,22). The van der Waals surface area contributed by atoms with Crippen LogP contribution in [-0.4, -0.2) is 34.4 Å². The van der Waals surface area contributed by atoms with Crippen molar-refractivity contribution in [2.45, 2.75) is 45.8 Å². The van der Waals surface area contributed by atoms with Crippen LogP contribution in [0.2, 0.25) is 0 Å². The first kappa shape index (κ1) is 16.5. The second-order valence-corrected chi connectivity index (χ2v) is 6.80. The smallest absolute Gasteiger partial charge is 0.407 e. The predicted octanol–water partition coefficient (Wildman–Crippen LogP) is 3.03. The molecule has 0 bridgehead atoms. The molecular weight excluding hydrogens is 313 g/mol. The van der Waals surface area contributed by atoms with Crippen LogP contribution in [0.1, 0.15) is 33.0 Å². The Kier molecular flexibility index (Phi) is 4.34. The number of halogens is 1. The summed E-state index contributed by atoms with van der Waals surface area (Å²) < 4.78 is 26.7. The summed E-state index contributed by atoms with van der Waals surface area (Å²) >= 11 is 0. The number of imidazole rings is 1. The van der Waals surface area contributed by atoms with Gasteiger partial charge in [0.2, 0.25) is 0 Å². The number of hydrogen-bond acceptors (Lipinski definition) is 4. The first-order chi connectivity index (χ1) is 11.3. The molecule has 24 heavy (non-hydrogen) atoms. The molecule has 130 valence electrons. The highest BCUT2D eigenvalue weighted by atomic mass is 19.1. The summed E-state index contributed by atoms with van der Waals surface area (Å²) in [5, 5.41) is 2.72. The highest BCUT2D eigenvalue weighted by molar-refractivity contribution is 5.83. The predicted molar refractivity (Wildman–Crippen MR) is 87.7 cm³/mol. The topological polar surface area (TPSA) is 65.4 Å². The third-order valence-corrected chi connectivity index (χ3v) is 3.68. The van der Waals surface area contributed by atoms with E-state index in [1.807, 2.05) is 25.3 Å². The van der Waals surface area contributed by atoms with Crippen LogP contribution in [0.3, 0.4) is 0 Å². The van der Waals surface area contributed by atoms with E-state index in [-0.39, 0.29) is 11.6 Å². The molecule has 3 rings (SSSR count). The number of aryl methyl sites for hydroxylation is 1. The summed E-state index contributed by atoms with van der Waals surface area (Å²) in [5.74, 6) is 0.700. The van der Waals surface area contributed by atoms with Crippen LogP contribution in [0.15, 0.2) is 12.1 Å². The Morgan fingerprint density at radius 1 is 1.46 bits per heavy atom. The van der Waals surface area contributed by atoms with E-state index in [0.29, 0.717) is 37.2 Å². The molecule has 6 nitrogen and oxygen atoms in total. The zero-order valence-corrected chi connectivity index (χ0v) is 14.2. The number of hydrogen-bond donors (Lipinski definition) is 1. The minimum absolute atomic E-state index is 0.267. The van der Waals surface area contributed by atoms with Crippen molar-refractivity contribution in [3.63, 3.8) is 0 Å². The van der Waals surface area contributed by atoms with Crippen LogP contribution in [-0.2, 0) is 17.7 Å². The maximum absolute atomic E-state index is 14.0. The van der Waals surface area contributed by atoms with Gasteiger partial charge in [0.25, 0.3) is 0 Å². The van der Waals surface area contributed by atoms with Crippen LogP contribution >= 0.6 is 0 Å². The normalized spacial score (nSPS) is 14.2. The Labute approximate surface area is 139 Å². The molecule has 7 heteroatoms. The van der Waals surface area contributed by atoms with Crippen molar-refractivity contribution in [1.82, 2.24) is 14.9 Å². The molecule has 0 atom stereocenters. The molecule has 1 aromatic heterocycles. The molecule has 1 aliphatic rings. The van der Waals surface area contributed by atoms with E-state index in [1.54, 1.807) is 6.07 Å². The molecule has 1 amide bonds. The number of benzene rings is 1. The first-order valence-corrected chi connectivity index (χ1v) is 8.12. The highest BCUT2D eigenvalue weighted by Crippen LogP contribution is 2.32. The summed E-state index contributed by atoms with van der Waals surface area (Å²) in [6.07, 6.45) is 0.866. The van der Waals surface area contributed by atoms with E-state index in [2.05, 4.69) is 10.3 Å². The third kappa shape index (κ3) is 3.44. The maximum atomic E-state index is 14.0. The Morgan fingerprint density at radius 2 is 2.25 bits per heavy atom. The zero-order valence-electron chi connectivity index (χ0n) is 14.2. The number of aromatic nitrogens is 2. The van der Waals surface area contributed by atoms with Crippen LogP contribution < -0.4 is 10.1 Å². The van der Waals surface area contributed by atoms with Crippen LogP contribution in [0.4, 0.5) is 9.18 Å². The number of ether oxygens (including phenoxy) is 2. The van der Waals surface area contributed by atoms with Gasteiger partial charge in [-0.05, 0) is 39.3 Å². The van der Waals surface area contributed by atoms with E-state index in [0.717, 1.165) is 12.2 Å². The van der Waals surface area contributed by atoms with E-state index in [9.17, 15) is 9.18 Å². The summed E-state index contributed by atoms with van der Waals surface area (Å²) in [5.41, 5.74) is 0.875. The lowest BCUT2D eigenvalue weighted by atomic mass is 10.2. The second-order valence-electron chi connectivity index (χ2n) is 6.80. The minimum atomic E-state index is -0.528. The Balaban J connectivity index is 1.76. The molecule has 0 fully saturated rings. The van der Waals surface area contributed by atoms with E-state index in [1.165, 1.54) is 6.07 Å². The van der Waals surface area contributed by atoms with Gasteiger partial charge in [0, 0.05) is 19.5 Å². The Hall–Kier alpha value is -2.31. The lowest BCUT2D eigenvalue weighted by molar-refractivity contribution is 0.0528. The fraction of sp³-hybridized carbons (Fsp3) is 0.529. The second kappa shape index (κ2) is 6.30. The van der Waals surface area contributed by atoms with Crippen LogP contribution in [0, 0.1) is 5.82 Å². The summed E-state index contributed by atoms with van der Waals surface area (Å²) in [6, 6.07) is 3.03. The molecule has 0 aliphatic carbocycles. The summed E-state index contributed by atoms with van der Waals surface area (Å²) in [6.45, 7) is 7.05. The third-order valence-electron chi connectivity index (χ3n) is 3.68. The fourth-order valence-corrected chi connectivity index (χ4v) is 2.77. The Morgan fingerprint density at radius 3 is 3.00 bits per heavy atom.